The van der Waals surface area contributed by atoms with Gasteiger partial charge in [0.25, 0.3) is 0 Å². The predicted molar refractivity (Wildman–Crippen MR) is 107 cm³/mol. The molecule has 3 nitrogen and oxygen atoms in total. The van der Waals surface area contributed by atoms with Gasteiger partial charge in [0.2, 0.25) is 0 Å². The van der Waals surface area contributed by atoms with E-state index in [-0.39, 0.29) is 17.3 Å². The van der Waals surface area contributed by atoms with Crippen LogP contribution in [0, 0.1) is 0 Å². The summed E-state index contributed by atoms with van der Waals surface area (Å²) in [6.45, 7) is 1.93. The highest BCUT2D eigenvalue weighted by Gasteiger charge is 2.31. The molecule has 0 fully saturated rings. The second-order valence-electron chi connectivity index (χ2n) is 6.75. The Morgan fingerprint density at radius 2 is 1.72 bits per heavy atom. The van der Waals surface area contributed by atoms with Gasteiger partial charge in [-0.1, -0.05) is 41.9 Å². The van der Waals surface area contributed by atoms with E-state index in [1.807, 2.05) is 41.8 Å². The van der Waals surface area contributed by atoms with E-state index in [0.29, 0.717) is 21.9 Å². The van der Waals surface area contributed by atoms with Crippen molar-refractivity contribution in [1.29, 1.82) is 0 Å². The monoisotopic (exact) mass is 416 g/mol. The van der Waals surface area contributed by atoms with Crippen molar-refractivity contribution in [2.75, 3.05) is 0 Å². The largest absolute Gasteiger partial charge is 0.507 e. The summed E-state index contributed by atoms with van der Waals surface area (Å²) in [5.74, 6) is 0.290. The minimum atomic E-state index is -4.47. The number of imidazole rings is 1. The molecule has 0 saturated heterocycles. The van der Waals surface area contributed by atoms with E-state index in [2.05, 4.69) is 4.98 Å². The van der Waals surface area contributed by atoms with E-state index in [1.165, 1.54) is 18.2 Å². The molecule has 0 aliphatic heterocycles. The molecule has 0 bridgehead atoms. The number of alkyl halides is 3. The quantitative estimate of drug-likeness (QED) is 0.404. The number of hydrogen-bond acceptors (Lipinski definition) is 2. The topological polar surface area (TPSA) is 38.0 Å². The Labute approximate surface area is 170 Å². The fraction of sp³-hybridized carbons (Fsp3) is 0.136. The summed E-state index contributed by atoms with van der Waals surface area (Å²) >= 11 is 6.10. The number of phenolic OH excluding ortho intramolecular Hbond substituents is 1. The van der Waals surface area contributed by atoms with Crippen molar-refractivity contribution in [2.45, 2.75) is 19.1 Å². The van der Waals surface area contributed by atoms with Crippen molar-refractivity contribution in [1.82, 2.24) is 9.55 Å². The number of halogens is 4. The van der Waals surface area contributed by atoms with E-state index in [9.17, 15) is 18.3 Å². The Morgan fingerprint density at radius 1 is 1.00 bits per heavy atom. The summed E-state index contributed by atoms with van der Waals surface area (Å²) < 4.78 is 41.4. The number of rotatable bonds is 3. The van der Waals surface area contributed by atoms with Gasteiger partial charge in [0.1, 0.15) is 11.6 Å². The van der Waals surface area contributed by atoms with E-state index in [0.717, 1.165) is 17.7 Å². The first kappa shape index (κ1) is 19.3. The highest BCUT2D eigenvalue weighted by molar-refractivity contribution is 6.30. The Morgan fingerprint density at radius 3 is 2.41 bits per heavy atom. The number of hydrogen-bond donors (Lipinski definition) is 1. The van der Waals surface area contributed by atoms with Crippen molar-refractivity contribution in [3.05, 3.63) is 82.9 Å². The van der Waals surface area contributed by atoms with Gasteiger partial charge in [-0.15, -0.1) is 0 Å². The molecule has 1 heterocycles. The molecule has 0 aliphatic carbocycles. The van der Waals surface area contributed by atoms with E-state index < -0.39 is 11.7 Å². The van der Waals surface area contributed by atoms with E-state index in [1.54, 1.807) is 6.07 Å². The lowest BCUT2D eigenvalue weighted by atomic mass is 10.1. The smallest absolute Gasteiger partial charge is 0.416 e. The molecule has 0 spiro atoms. The highest BCUT2D eigenvalue weighted by atomic mass is 35.5. The maximum absolute atomic E-state index is 13.2. The molecule has 4 rings (SSSR count). The lowest BCUT2D eigenvalue weighted by Gasteiger charge is -2.19. The third-order valence-electron chi connectivity index (χ3n) is 4.89. The first-order valence-corrected chi connectivity index (χ1v) is 9.26. The average Bonchev–Trinajstić information content (AvgIpc) is 3.07. The third-order valence-corrected chi connectivity index (χ3v) is 5.12. The molecule has 29 heavy (non-hydrogen) atoms. The van der Waals surface area contributed by atoms with Gasteiger partial charge in [-0.25, -0.2) is 4.98 Å². The van der Waals surface area contributed by atoms with Crippen LogP contribution in [-0.4, -0.2) is 14.7 Å². The van der Waals surface area contributed by atoms with Gasteiger partial charge in [-0.05, 0) is 48.9 Å². The molecule has 4 aromatic rings. The average molecular weight is 417 g/mol. The standard InChI is InChI=1S/C22H16ClF3N2O/c1-13(14-5-3-2-4-6-14)28-19-9-7-15(22(24,25)26)11-18(19)27-21(28)17-12-16(23)8-10-20(17)29/h2-13,29H,1H3/t13-/m1/s1. The van der Waals surface area contributed by atoms with Crippen LogP contribution < -0.4 is 0 Å². The summed E-state index contributed by atoms with van der Waals surface area (Å²) in [4.78, 5) is 4.45. The third kappa shape index (κ3) is 3.56. The molecule has 0 radical (unpaired) electrons. The summed E-state index contributed by atoms with van der Waals surface area (Å²) in [5.41, 5.74) is 1.25. The zero-order valence-corrected chi connectivity index (χ0v) is 16.0. The Bertz CT molecular complexity index is 1190. The van der Waals surface area contributed by atoms with Crippen LogP contribution in [0.4, 0.5) is 13.2 Å². The van der Waals surface area contributed by atoms with Gasteiger partial charge < -0.3 is 9.67 Å². The number of nitrogens with zero attached hydrogens (tertiary/aromatic N) is 2. The molecule has 1 N–H and O–H groups in total. The molecule has 1 atom stereocenters. The van der Waals surface area contributed by atoms with Gasteiger partial charge in [0.05, 0.1) is 28.2 Å². The van der Waals surface area contributed by atoms with Crippen LogP contribution in [-0.2, 0) is 6.18 Å². The molecule has 0 saturated carbocycles. The van der Waals surface area contributed by atoms with Crippen molar-refractivity contribution >= 4 is 22.6 Å². The summed E-state index contributed by atoms with van der Waals surface area (Å²) in [5, 5.41) is 10.8. The van der Waals surface area contributed by atoms with Crippen LogP contribution in [0.2, 0.25) is 5.02 Å². The first-order chi connectivity index (χ1) is 13.8. The lowest BCUT2D eigenvalue weighted by molar-refractivity contribution is -0.137. The summed E-state index contributed by atoms with van der Waals surface area (Å²) in [6.07, 6.45) is -4.47. The second kappa shape index (κ2) is 7.12. The number of fused-ring (bicyclic) bond motifs is 1. The van der Waals surface area contributed by atoms with Crippen LogP contribution in [0.1, 0.15) is 24.1 Å². The van der Waals surface area contributed by atoms with Crippen LogP contribution in [0.15, 0.2) is 66.7 Å². The number of aromatic hydroxyl groups is 1. The van der Waals surface area contributed by atoms with Gasteiger partial charge >= 0.3 is 6.18 Å². The summed E-state index contributed by atoms with van der Waals surface area (Å²) in [6, 6.07) is 17.3. The van der Waals surface area contributed by atoms with Crippen molar-refractivity contribution in [3.8, 4) is 17.1 Å². The molecular weight excluding hydrogens is 401 g/mol. The number of benzene rings is 3. The SMILES string of the molecule is C[C@H](c1ccccc1)n1c(-c2cc(Cl)ccc2O)nc2cc(C(F)(F)F)ccc21. The Kier molecular flexibility index (Phi) is 4.74. The second-order valence-corrected chi connectivity index (χ2v) is 7.19. The van der Waals surface area contributed by atoms with Crippen LogP contribution in [0.5, 0.6) is 5.75 Å². The van der Waals surface area contributed by atoms with E-state index >= 15 is 0 Å². The summed E-state index contributed by atoms with van der Waals surface area (Å²) in [7, 11) is 0. The fourth-order valence-corrected chi connectivity index (χ4v) is 3.60. The van der Waals surface area contributed by atoms with Gasteiger partial charge in [-0.2, -0.15) is 13.2 Å². The van der Waals surface area contributed by atoms with Crippen LogP contribution >= 0.6 is 11.6 Å². The zero-order chi connectivity index (χ0) is 20.8. The number of aromatic nitrogens is 2. The molecule has 7 heteroatoms. The molecule has 0 unspecified atom stereocenters. The molecule has 3 aromatic carbocycles. The first-order valence-electron chi connectivity index (χ1n) is 8.88. The minimum Gasteiger partial charge on any atom is -0.507 e. The van der Waals surface area contributed by atoms with Gasteiger partial charge in [0, 0.05) is 5.02 Å². The lowest BCUT2D eigenvalue weighted by Crippen LogP contribution is -2.09. The van der Waals surface area contributed by atoms with Gasteiger partial charge in [-0.3, -0.25) is 0 Å². The highest BCUT2D eigenvalue weighted by Crippen LogP contribution is 2.38. The van der Waals surface area contributed by atoms with Crippen LogP contribution in [0.25, 0.3) is 22.4 Å². The Balaban J connectivity index is 2.01. The number of phenols is 1. The molecular formula is C22H16ClF3N2O. The molecule has 1 aromatic heterocycles. The maximum Gasteiger partial charge on any atom is 0.416 e. The van der Waals surface area contributed by atoms with E-state index in [4.69, 9.17) is 11.6 Å². The predicted octanol–water partition coefficient (Wildman–Crippen LogP) is 6.69. The maximum atomic E-state index is 13.2. The zero-order valence-electron chi connectivity index (χ0n) is 15.3. The Hall–Kier alpha value is -2.99. The minimum absolute atomic E-state index is 0.0535. The fourth-order valence-electron chi connectivity index (χ4n) is 3.43. The molecule has 148 valence electrons. The van der Waals surface area contributed by atoms with Crippen molar-refractivity contribution < 1.29 is 18.3 Å². The van der Waals surface area contributed by atoms with Crippen molar-refractivity contribution in [3.63, 3.8) is 0 Å². The van der Waals surface area contributed by atoms with Gasteiger partial charge in [0.15, 0.2) is 0 Å². The van der Waals surface area contributed by atoms with Crippen LogP contribution in [0.3, 0.4) is 0 Å². The van der Waals surface area contributed by atoms with Crippen molar-refractivity contribution in [2.24, 2.45) is 0 Å². The normalized spacial score (nSPS) is 13.0. The molecule has 0 amide bonds. The molecule has 0 aliphatic rings.